The van der Waals surface area contributed by atoms with E-state index in [0.29, 0.717) is 12.2 Å². The molecule has 0 spiro atoms. The minimum absolute atomic E-state index is 0.181. The second-order valence-electron chi connectivity index (χ2n) is 6.42. The van der Waals surface area contributed by atoms with Crippen LogP contribution in [0, 0.1) is 18.2 Å². The number of anilines is 1. The van der Waals surface area contributed by atoms with Gasteiger partial charge in [0.2, 0.25) is 0 Å². The van der Waals surface area contributed by atoms with Crippen molar-refractivity contribution in [3.63, 3.8) is 0 Å². The summed E-state index contributed by atoms with van der Waals surface area (Å²) in [6.45, 7) is 2.37. The molecule has 1 N–H and O–H groups in total. The first-order valence-electron chi connectivity index (χ1n) is 8.94. The van der Waals surface area contributed by atoms with Gasteiger partial charge in [-0.05, 0) is 42.7 Å². The van der Waals surface area contributed by atoms with Gasteiger partial charge in [0, 0.05) is 19.3 Å². The van der Waals surface area contributed by atoms with E-state index in [1.165, 1.54) is 12.1 Å². The maximum absolute atomic E-state index is 12.9. The van der Waals surface area contributed by atoms with Gasteiger partial charge in [-0.3, -0.25) is 4.79 Å². The van der Waals surface area contributed by atoms with Crippen LogP contribution in [0.5, 0.6) is 0 Å². The molecule has 0 unspecified atom stereocenters. The Bertz CT molecular complexity index is 792. The number of carbonyl (C=O) groups excluding carboxylic acids is 1. The van der Waals surface area contributed by atoms with E-state index in [0.717, 1.165) is 37.3 Å². The van der Waals surface area contributed by atoms with Crippen LogP contribution in [-0.2, 0) is 11.3 Å². The zero-order valence-corrected chi connectivity index (χ0v) is 15.0. The minimum Gasteiger partial charge on any atom is -0.373 e. The molecule has 140 valence electrons. The fraction of sp³-hybridized carbons (Fsp3) is 0.333. The maximum atomic E-state index is 12.9. The summed E-state index contributed by atoms with van der Waals surface area (Å²) in [5, 5.41) is 2.62. The first-order chi connectivity index (χ1) is 13.2. The van der Waals surface area contributed by atoms with Crippen molar-refractivity contribution in [3.8, 4) is 12.3 Å². The number of rotatable bonds is 6. The van der Waals surface area contributed by atoms with Crippen molar-refractivity contribution in [3.05, 3.63) is 59.5 Å². The number of halogens is 1. The van der Waals surface area contributed by atoms with Crippen molar-refractivity contribution in [1.82, 2.24) is 10.3 Å². The number of amides is 1. The van der Waals surface area contributed by atoms with E-state index < -0.39 is 0 Å². The number of hydrogen-bond acceptors (Lipinski definition) is 4. The summed E-state index contributed by atoms with van der Waals surface area (Å²) < 4.78 is 18.9. The van der Waals surface area contributed by atoms with Crippen LogP contribution in [0.3, 0.4) is 0 Å². The lowest BCUT2D eigenvalue weighted by atomic mass is 10.1. The Morgan fingerprint density at radius 2 is 2.00 bits per heavy atom. The van der Waals surface area contributed by atoms with Gasteiger partial charge in [-0.1, -0.05) is 18.1 Å². The lowest BCUT2D eigenvalue weighted by molar-refractivity contribution is 0.0250. The second-order valence-corrected chi connectivity index (χ2v) is 6.42. The van der Waals surface area contributed by atoms with E-state index in [1.54, 1.807) is 24.4 Å². The monoisotopic (exact) mass is 367 g/mol. The van der Waals surface area contributed by atoms with Crippen LogP contribution in [-0.4, -0.2) is 36.6 Å². The van der Waals surface area contributed by atoms with Gasteiger partial charge in [0.05, 0.1) is 24.8 Å². The summed E-state index contributed by atoms with van der Waals surface area (Å²) in [6.07, 6.45) is 8.68. The molecule has 2 heterocycles. The van der Waals surface area contributed by atoms with Crippen molar-refractivity contribution in [2.24, 2.45) is 0 Å². The molecule has 27 heavy (non-hydrogen) atoms. The van der Waals surface area contributed by atoms with Crippen molar-refractivity contribution < 1.29 is 13.9 Å². The van der Waals surface area contributed by atoms with Gasteiger partial charge >= 0.3 is 0 Å². The Hall–Kier alpha value is -2.91. The molecule has 0 bridgehead atoms. The number of aromatic nitrogens is 1. The number of nitrogens with one attached hydrogen (secondary N) is 1. The number of hydrogen-bond donors (Lipinski definition) is 1. The molecule has 1 saturated heterocycles. The highest BCUT2D eigenvalue weighted by molar-refractivity contribution is 5.94. The van der Waals surface area contributed by atoms with Crippen LogP contribution < -0.4 is 10.2 Å². The van der Waals surface area contributed by atoms with Crippen molar-refractivity contribution in [1.29, 1.82) is 0 Å². The third-order valence-electron chi connectivity index (χ3n) is 4.53. The highest BCUT2D eigenvalue weighted by Crippen LogP contribution is 2.21. The Labute approximate surface area is 158 Å². The smallest absolute Gasteiger partial charge is 0.253 e. The Morgan fingerprint density at radius 3 is 2.63 bits per heavy atom. The second kappa shape index (κ2) is 9.15. The summed E-state index contributed by atoms with van der Waals surface area (Å²) >= 11 is 0. The lowest BCUT2D eigenvalue weighted by Crippen LogP contribution is -2.37. The SMILES string of the molecule is C#CCNC(=O)c1ccc(N2CCC(OCc3ccc(F)cc3)CC2)nc1. The first kappa shape index (κ1) is 18.9. The highest BCUT2D eigenvalue weighted by Gasteiger charge is 2.21. The Balaban J connectivity index is 1.46. The molecule has 5 nitrogen and oxygen atoms in total. The molecule has 1 fully saturated rings. The fourth-order valence-corrected chi connectivity index (χ4v) is 2.99. The average molecular weight is 367 g/mol. The summed E-state index contributed by atoms with van der Waals surface area (Å²) in [5.41, 5.74) is 1.46. The van der Waals surface area contributed by atoms with Crippen LogP contribution >= 0.6 is 0 Å². The molecular weight excluding hydrogens is 345 g/mol. The molecule has 0 radical (unpaired) electrons. The summed E-state index contributed by atoms with van der Waals surface area (Å²) in [4.78, 5) is 18.4. The number of benzene rings is 1. The topological polar surface area (TPSA) is 54.5 Å². The summed E-state index contributed by atoms with van der Waals surface area (Å²) in [5.74, 6) is 2.76. The summed E-state index contributed by atoms with van der Waals surface area (Å²) in [6, 6.07) is 9.99. The van der Waals surface area contributed by atoms with E-state index in [2.05, 4.69) is 21.1 Å². The van der Waals surface area contributed by atoms with E-state index in [9.17, 15) is 9.18 Å². The molecule has 0 aliphatic carbocycles. The molecule has 0 atom stereocenters. The molecule has 1 amide bonds. The Kier molecular flexibility index (Phi) is 6.39. The van der Waals surface area contributed by atoms with Gasteiger partial charge in [-0.25, -0.2) is 9.37 Å². The van der Waals surface area contributed by atoms with Crippen molar-refractivity contribution in [2.45, 2.75) is 25.6 Å². The molecule has 1 aromatic carbocycles. The Morgan fingerprint density at radius 1 is 1.26 bits per heavy atom. The van der Waals surface area contributed by atoms with Gasteiger partial charge < -0.3 is 15.0 Å². The fourth-order valence-electron chi connectivity index (χ4n) is 2.99. The highest BCUT2D eigenvalue weighted by atomic mass is 19.1. The quantitative estimate of drug-likeness (QED) is 0.798. The standard InChI is InChI=1S/C21H22FN3O2/c1-2-11-23-21(26)17-5-8-20(24-14-17)25-12-9-19(10-13-25)27-15-16-3-6-18(22)7-4-16/h1,3-8,14,19H,9-13,15H2,(H,23,26). The van der Waals surface area contributed by atoms with Gasteiger partial charge in [0.15, 0.2) is 0 Å². The molecule has 1 aliphatic rings. The summed E-state index contributed by atoms with van der Waals surface area (Å²) in [7, 11) is 0. The molecule has 3 rings (SSSR count). The zero-order chi connectivity index (χ0) is 19.1. The van der Waals surface area contributed by atoms with Gasteiger partial charge in [0.25, 0.3) is 5.91 Å². The first-order valence-corrected chi connectivity index (χ1v) is 8.94. The van der Waals surface area contributed by atoms with Crippen LogP contribution in [0.2, 0.25) is 0 Å². The van der Waals surface area contributed by atoms with Crippen molar-refractivity contribution in [2.75, 3.05) is 24.5 Å². The van der Waals surface area contributed by atoms with E-state index in [4.69, 9.17) is 11.2 Å². The van der Waals surface area contributed by atoms with Crippen LogP contribution in [0.25, 0.3) is 0 Å². The van der Waals surface area contributed by atoms with Crippen molar-refractivity contribution >= 4 is 11.7 Å². The predicted octanol–water partition coefficient (Wildman–Crippen LogP) is 2.77. The van der Waals surface area contributed by atoms with Gasteiger partial charge in [-0.2, -0.15) is 0 Å². The zero-order valence-electron chi connectivity index (χ0n) is 15.0. The van der Waals surface area contributed by atoms with E-state index in [1.807, 2.05) is 6.07 Å². The minimum atomic E-state index is -0.237. The third-order valence-corrected chi connectivity index (χ3v) is 4.53. The molecular formula is C21H22FN3O2. The number of terminal acetylenes is 1. The van der Waals surface area contributed by atoms with E-state index >= 15 is 0 Å². The number of carbonyl (C=O) groups is 1. The number of pyridine rings is 1. The maximum Gasteiger partial charge on any atom is 0.253 e. The lowest BCUT2D eigenvalue weighted by Gasteiger charge is -2.32. The molecule has 0 saturated carbocycles. The average Bonchev–Trinajstić information content (AvgIpc) is 2.72. The van der Waals surface area contributed by atoms with Gasteiger partial charge in [-0.15, -0.1) is 6.42 Å². The van der Waals surface area contributed by atoms with E-state index in [-0.39, 0.29) is 24.4 Å². The largest absolute Gasteiger partial charge is 0.373 e. The van der Waals surface area contributed by atoms with Crippen LogP contribution in [0.4, 0.5) is 10.2 Å². The van der Waals surface area contributed by atoms with Gasteiger partial charge in [0.1, 0.15) is 11.6 Å². The molecule has 6 heteroatoms. The predicted molar refractivity (Wildman–Crippen MR) is 102 cm³/mol. The van der Waals surface area contributed by atoms with Crippen LogP contribution in [0.15, 0.2) is 42.6 Å². The third kappa shape index (κ3) is 5.28. The normalized spacial score (nSPS) is 14.6. The molecule has 1 aliphatic heterocycles. The number of nitrogens with zero attached hydrogens (tertiary/aromatic N) is 2. The number of ether oxygens (including phenoxy) is 1. The molecule has 1 aromatic heterocycles. The molecule has 2 aromatic rings. The van der Waals surface area contributed by atoms with Crippen LogP contribution in [0.1, 0.15) is 28.8 Å². The number of piperidine rings is 1.